The maximum absolute atomic E-state index is 13.5. The van der Waals surface area contributed by atoms with Crippen LogP contribution in [0.5, 0.6) is 5.75 Å². The minimum atomic E-state index is -4.17. The van der Waals surface area contributed by atoms with Gasteiger partial charge in [-0.3, -0.25) is 0 Å². The summed E-state index contributed by atoms with van der Waals surface area (Å²) in [6, 6.07) is 38.0. The van der Waals surface area contributed by atoms with Crippen molar-refractivity contribution in [3.8, 4) is 17.2 Å². The van der Waals surface area contributed by atoms with Crippen molar-refractivity contribution >= 4 is 29.4 Å². The molecule has 0 amide bonds. The maximum atomic E-state index is 13.5. The molecule has 0 spiro atoms. The summed E-state index contributed by atoms with van der Waals surface area (Å²) >= 11 is -4.17. The van der Waals surface area contributed by atoms with E-state index in [1.54, 1.807) is 10.0 Å². The molecule has 0 saturated heterocycles. The molecule has 0 fully saturated rings. The predicted molar refractivity (Wildman–Crippen MR) is 132 cm³/mol. The van der Waals surface area contributed by atoms with E-state index in [2.05, 4.69) is 36.4 Å². The number of benzene rings is 4. The molecule has 33 heavy (non-hydrogen) atoms. The summed E-state index contributed by atoms with van der Waals surface area (Å²) in [5.41, 5.74) is 0.723. The van der Waals surface area contributed by atoms with Crippen LogP contribution < -0.4 is 21.2 Å². The molecule has 0 radical (unpaired) electrons. The molecule has 5 aromatic rings. The number of hydrogen-bond donors (Lipinski definition) is 0. The second-order valence-electron chi connectivity index (χ2n) is 7.62. The third kappa shape index (κ3) is 3.78. The van der Waals surface area contributed by atoms with E-state index < -0.39 is 24.4 Å². The fraction of sp³-hybridized carbons (Fsp3) is 0.0370. The van der Waals surface area contributed by atoms with E-state index >= 15 is 0 Å². The van der Waals surface area contributed by atoms with Crippen molar-refractivity contribution in [3.05, 3.63) is 126 Å². The van der Waals surface area contributed by atoms with Crippen LogP contribution in [0.15, 0.2) is 124 Å². The molecule has 0 aliphatic heterocycles. The number of aromatic nitrogens is 2. The zero-order valence-electron chi connectivity index (χ0n) is 18.1. The molecule has 0 aliphatic carbocycles. The summed E-state index contributed by atoms with van der Waals surface area (Å²) in [4.78, 5) is 13.5. The summed E-state index contributed by atoms with van der Waals surface area (Å²) in [5.74, 6) is 0.576. The monoisotopic (exact) mass is 542 g/mol. The number of hydrogen-bond acceptors (Lipinski definition) is 4. The molecule has 5 nitrogen and oxygen atoms in total. The Morgan fingerprint density at radius 2 is 1.15 bits per heavy atom. The molecule has 1 heterocycles. The molecular formula is C27H22N2O3Sn. The fourth-order valence-corrected chi connectivity index (χ4v) is 16.6. The summed E-state index contributed by atoms with van der Waals surface area (Å²) in [6.07, 6.45) is 0. The topological polar surface area (TPSA) is 57.3 Å². The van der Waals surface area contributed by atoms with Gasteiger partial charge in [0, 0.05) is 0 Å². The Bertz CT molecular complexity index is 1300. The zero-order chi connectivity index (χ0) is 22.7. The van der Waals surface area contributed by atoms with Crippen LogP contribution in [0.4, 0.5) is 0 Å². The van der Waals surface area contributed by atoms with Crippen molar-refractivity contribution in [2.24, 2.45) is 0 Å². The van der Waals surface area contributed by atoms with Crippen molar-refractivity contribution < 1.29 is 9.15 Å². The molecule has 0 saturated carbocycles. The molecule has 4 aromatic carbocycles. The van der Waals surface area contributed by atoms with Crippen LogP contribution in [0.25, 0.3) is 11.5 Å². The van der Waals surface area contributed by atoms with E-state index in [1.807, 2.05) is 78.9 Å². The summed E-state index contributed by atoms with van der Waals surface area (Å²) in [7, 11) is 1.62. The summed E-state index contributed by atoms with van der Waals surface area (Å²) in [5, 5.41) is 4.83. The fourth-order valence-electron chi connectivity index (χ4n) is 4.25. The van der Waals surface area contributed by atoms with E-state index in [0.717, 1.165) is 22.1 Å². The molecule has 162 valence electrons. The van der Waals surface area contributed by atoms with Gasteiger partial charge in [0.15, 0.2) is 0 Å². The standard InChI is InChI=1S/C9H8N2O3.3C6H5.Sn/c1-13-7-4-2-6(3-5-7)8-10-11-9(12)14-8;3*1-2-4-6-5-3-1;/h2-5H,1H3,(H,11,12);3*1-5H;/q;;;;+1/p-1. The molecule has 1 aromatic heterocycles. The normalized spacial score (nSPS) is 11.3. The second-order valence-corrected chi connectivity index (χ2v) is 17.8. The number of rotatable bonds is 6. The molecule has 0 atom stereocenters. The first-order valence-corrected chi connectivity index (χ1v) is 16.2. The number of nitrogens with zero attached hydrogens (tertiary/aromatic N) is 2. The van der Waals surface area contributed by atoms with Crippen LogP contribution in [0.3, 0.4) is 0 Å². The van der Waals surface area contributed by atoms with Gasteiger partial charge >= 0.3 is 197 Å². The zero-order valence-corrected chi connectivity index (χ0v) is 20.9. The first kappa shape index (κ1) is 21.3. The van der Waals surface area contributed by atoms with Crippen LogP contribution in [-0.2, 0) is 0 Å². The van der Waals surface area contributed by atoms with Gasteiger partial charge in [-0.1, -0.05) is 0 Å². The Morgan fingerprint density at radius 3 is 1.58 bits per heavy atom. The van der Waals surface area contributed by atoms with Crippen molar-refractivity contribution in [3.63, 3.8) is 0 Å². The average Bonchev–Trinajstić information content (AvgIpc) is 3.28. The van der Waals surface area contributed by atoms with Gasteiger partial charge in [0.25, 0.3) is 0 Å². The van der Waals surface area contributed by atoms with E-state index in [-0.39, 0.29) is 0 Å². The Kier molecular flexibility index (Phi) is 5.88. The first-order chi connectivity index (χ1) is 16.2. The predicted octanol–water partition coefficient (Wildman–Crippen LogP) is 3.03. The molecule has 0 aliphatic rings. The Morgan fingerprint density at radius 1 is 0.697 bits per heavy atom. The van der Waals surface area contributed by atoms with Gasteiger partial charge in [-0.05, 0) is 0 Å². The van der Waals surface area contributed by atoms with Gasteiger partial charge < -0.3 is 0 Å². The summed E-state index contributed by atoms with van der Waals surface area (Å²) < 4.78 is 16.0. The first-order valence-electron chi connectivity index (χ1n) is 10.6. The number of methoxy groups -OCH3 is 1. The van der Waals surface area contributed by atoms with Gasteiger partial charge in [0.05, 0.1) is 0 Å². The van der Waals surface area contributed by atoms with E-state index in [1.165, 1.54) is 0 Å². The molecule has 0 unspecified atom stereocenters. The quantitative estimate of drug-likeness (QED) is 0.311. The molecule has 0 N–H and O–H groups in total. The van der Waals surface area contributed by atoms with Crippen molar-refractivity contribution in [2.75, 3.05) is 7.11 Å². The van der Waals surface area contributed by atoms with Crippen LogP contribution in [0.2, 0.25) is 0 Å². The van der Waals surface area contributed by atoms with Gasteiger partial charge in [0.1, 0.15) is 0 Å². The third-order valence-electron chi connectivity index (χ3n) is 5.78. The van der Waals surface area contributed by atoms with Crippen LogP contribution >= 0.6 is 0 Å². The van der Waals surface area contributed by atoms with Crippen molar-refractivity contribution in [1.29, 1.82) is 0 Å². The van der Waals surface area contributed by atoms with Crippen LogP contribution in [0, 0.1) is 0 Å². The minimum absolute atomic E-state index is 0.298. The Labute approximate surface area is 196 Å². The SMILES string of the molecule is COc1ccc(-c2n[n]([Sn]([c]3ccccc3)([c]3ccccc3)[c]3ccccc3)c(=O)o2)cc1. The van der Waals surface area contributed by atoms with Gasteiger partial charge in [0.2, 0.25) is 0 Å². The van der Waals surface area contributed by atoms with E-state index in [4.69, 9.17) is 14.3 Å². The Hall–Kier alpha value is -3.58. The third-order valence-corrected chi connectivity index (χ3v) is 18.4. The number of ether oxygens (including phenoxy) is 1. The molecule has 6 heteroatoms. The van der Waals surface area contributed by atoms with Gasteiger partial charge in [-0.2, -0.15) is 0 Å². The van der Waals surface area contributed by atoms with E-state index in [0.29, 0.717) is 5.89 Å². The van der Waals surface area contributed by atoms with E-state index in [9.17, 15) is 4.79 Å². The van der Waals surface area contributed by atoms with Crippen molar-refractivity contribution in [2.45, 2.75) is 0 Å². The van der Waals surface area contributed by atoms with Crippen LogP contribution in [0.1, 0.15) is 0 Å². The Balaban J connectivity index is 1.82. The second kappa shape index (κ2) is 9.11. The molecular weight excluding hydrogens is 519 g/mol. The van der Waals surface area contributed by atoms with Gasteiger partial charge in [-0.25, -0.2) is 0 Å². The molecule has 5 rings (SSSR count). The summed E-state index contributed by atoms with van der Waals surface area (Å²) in [6.45, 7) is 0. The van der Waals surface area contributed by atoms with Crippen molar-refractivity contribution in [1.82, 2.24) is 8.00 Å². The average molecular weight is 541 g/mol. The van der Waals surface area contributed by atoms with Crippen LogP contribution in [-0.4, -0.2) is 33.8 Å². The molecule has 0 bridgehead atoms. The van der Waals surface area contributed by atoms with Gasteiger partial charge in [-0.15, -0.1) is 0 Å².